The number of halogens is 1. The van der Waals surface area contributed by atoms with Gasteiger partial charge in [-0.3, -0.25) is 0 Å². The minimum Gasteiger partial charge on any atom is -0.370 e. The number of anilines is 1. The molecule has 0 aliphatic heterocycles. The van der Waals surface area contributed by atoms with Crippen molar-refractivity contribution in [1.82, 2.24) is 9.97 Å². The maximum atomic E-state index is 5.85. The second-order valence-corrected chi connectivity index (χ2v) is 5.23. The van der Waals surface area contributed by atoms with Crippen molar-refractivity contribution >= 4 is 28.8 Å². The zero-order valence-electron chi connectivity index (χ0n) is 8.90. The van der Waals surface area contributed by atoms with Crippen LogP contribution in [0.4, 0.5) is 5.82 Å². The molecule has 0 aromatic carbocycles. The third kappa shape index (κ3) is 3.18. The highest BCUT2D eigenvalue weighted by Crippen LogP contribution is 2.21. The second-order valence-electron chi connectivity index (χ2n) is 3.43. The van der Waals surface area contributed by atoms with Gasteiger partial charge in [0.2, 0.25) is 0 Å². The Hall–Kier alpha value is -1.13. The molecule has 0 aliphatic carbocycles. The number of aromatic nitrogens is 2. The first-order valence-electron chi connectivity index (χ1n) is 5.01. The smallest absolute Gasteiger partial charge is 0.129 e. The fourth-order valence-corrected chi connectivity index (χ4v) is 2.44. The van der Waals surface area contributed by atoms with Crippen LogP contribution in [0.5, 0.6) is 0 Å². The fraction of sp³-hybridized carbons (Fsp3) is 0.273. The summed E-state index contributed by atoms with van der Waals surface area (Å²) in [5.41, 5.74) is 0.969. The van der Waals surface area contributed by atoms with E-state index in [4.69, 9.17) is 11.6 Å². The van der Waals surface area contributed by atoms with E-state index >= 15 is 0 Å². The zero-order valence-corrected chi connectivity index (χ0v) is 10.5. The highest BCUT2D eigenvalue weighted by Gasteiger charge is 1.98. The van der Waals surface area contributed by atoms with Crippen molar-refractivity contribution in [2.24, 2.45) is 0 Å². The summed E-state index contributed by atoms with van der Waals surface area (Å²) in [5, 5.41) is 3.26. The Balaban J connectivity index is 1.84. The van der Waals surface area contributed by atoms with Crippen LogP contribution in [0.3, 0.4) is 0 Å². The molecule has 0 aliphatic rings. The molecule has 0 amide bonds. The van der Waals surface area contributed by atoms with Gasteiger partial charge >= 0.3 is 0 Å². The maximum Gasteiger partial charge on any atom is 0.129 e. The summed E-state index contributed by atoms with van der Waals surface area (Å²) in [4.78, 5) is 9.45. The van der Waals surface area contributed by atoms with Gasteiger partial charge in [0.05, 0.1) is 4.34 Å². The SMILES string of the molecule is Cc1cc(NCCc2ccc(Cl)s2)ncn1. The molecule has 2 heterocycles. The zero-order chi connectivity index (χ0) is 11.4. The van der Waals surface area contributed by atoms with Crippen LogP contribution in [0.1, 0.15) is 10.6 Å². The summed E-state index contributed by atoms with van der Waals surface area (Å²) < 4.78 is 0.841. The largest absolute Gasteiger partial charge is 0.370 e. The maximum absolute atomic E-state index is 5.85. The molecule has 2 rings (SSSR count). The van der Waals surface area contributed by atoms with E-state index in [-0.39, 0.29) is 0 Å². The van der Waals surface area contributed by atoms with Gasteiger partial charge in [0.15, 0.2) is 0 Å². The molecule has 0 saturated carbocycles. The van der Waals surface area contributed by atoms with E-state index in [0.29, 0.717) is 0 Å². The number of thiophene rings is 1. The molecule has 0 spiro atoms. The van der Waals surface area contributed by atoms with Crippen LogP contribution in [0.25, 0.3) is 0 Å². The Morgan fingerprint density at radius 1 is 1.38 bits per heavy atom. The quantitative estimate of drug-likeness (QED) is 0.910. The monoisotopic (exact) mass is 253 g/mol. The van der Waals surface area contributed by atoms with E-state index in [1.165, 1.54) is 4.88 Å². The summed E-state index contributed by atoms with van der Waals surface area (Å²) in [7, 11) is 0. The van der Waals surface area contributed by atoms with Crippen molar-refractivity contribution < 1.29 is 0 Å². The molecule has 0 unspecified atom stereocenters. The Kier molecular flexibility index (Phi) is 3.74. The van der Waals surface area contributed by atoms with Crippen LogP contribution in [0.15, 0.2) is 24.5 Å². The van der Waals surface area contributed by atoms with Gasteiger partial charge in [-0.2, -0.15) is 0 Å². The lowest BCUT2D eigenvalue weighted by Crippen LogP contribution is -2.05. The van der Waals surface area contributed by atoms with Gasteiger partial charge in [0.1, 0.15) is 12.1 Å². The summed E-state index contributed by atoms with van der Waals surface area (Å²) in [6.45, 7) is 2.80. The normalized spacial score (nSPS) is 10.4. The number of nitrogens with zero attached hydrogens (tertiary/aromatic N) is 2. The molecular weight excluding hydrogens is 242 g/mol. The van der Waals surface area contributed by atoms with E-state index in [9.17, 15) is 0 Å². The Bertz CT molecular complexity index is 470. The third-order valence-electron chi connectivity index (χ3n) is 2.11. The Morgan fingerprint density at radius 2 is 2.25 bits per heavy atom. The molecule has 2 aromatic heterocycles. The average molecular weight is 254 g/mol. The van der Waals surface area contributed by atoms with E-state index in [0.717, 1.165) is 28.8 Å². The topological polar surface area (TPSA) is 37.8 Å². The molecule has 1 N–H and O–H groups in total. The van der Waals surface area contributed by atoms with Crippen molar-refractivity contribution in [3.63, 3.8) is 0 Å². The van der Waals surface area contributed by atoms with Crippen molar-refractivity contribution in [2.45, 2.75) is 13.3 Å². The second kappa shape index (κ2) is 5.27. The number of aryl methyl sites for hydroxylation is 1. The molecule has 0 atom stereocenters. The van der Waals surface area contributed by atoms with E-state index in [1.807, 2.05) is 19.1 Å². The van der Waals surface area contributed by atoms with Gasteiger partial charge < -0.3 is 5.32 Å². The minimum absolute atomic E-state index is 0.841. The van der Waals surface area contributed by atoms with E-state index in [1.54, 1.807) is 17.7 Å². The van der Waals surface area contributed by atoms with Gasteiger partial charge in [0.25, 0.3) is 0 Å². The standard InChI is InChI=1S/C11H12ClN3S/c1-8-6-11(15-7-14-8)13-5-4-9-2-3-10(12)16-9/h2-3,6-7H,4-5H2,1H3,(H,13,14,15). The van der Waals surface area contributed by atoms with Crippen LogP contribution in [0, 0.1) is 6.92 Å². The summed E-state index contributed by atoms with van der Waals surface area (Å²) in [6, 6.07) is 5.91. The van der Waals surface area contributed by atoms with Crippen LogP contribution in [0.2, 0.25) is 4.34 Å². The first kappa shape index (κ1) is 11.4. The van der Waals surface area contributed by atoms with Crippen molar-refractivity contribution in [2.75, 3.05) is 11.9 Å². The van der Waals surface area contributed by atoms with Crippen LogP contribution in [-0.4, -0.2) is 16.5 Å². The molecule has 0 saturated heterocycles. The predicted octanol–water partition coefficient (Wildman–Crippen LogP) is 3.15. The summed E-state index contributed by atoms with van der Waals surface area (Å²) in [5.74, 6) is 0.871. The van der Waals surface area contributed by atoms with Gasteiger partial charge in [-0.15, -0.1) is 11.3 Å². The highest BCUT2D eigenvalue weighted by atomic mass is 35.5. The molecule has 0 bridgehead atoms. The van der Waals surface area contributed by atoms with E-state index in [2.05, 4.69) is 21.4 Å². The number of hydrogen-bond donors (Lipinski definition) is 1. The number of nitrogens with one attached hydrogen (secondary N) is 1. The van der Waals surface area contributed by atoms with Crippen molar-refractivity contribution in [1.29, 1.82) is 0 Å². The molecule has 84 valence electrons. The first-order valence-corrected chi connectivity index (χ1v) is 6.20. The molecular formula is C11H12ClN3S. The van der Waals surface area contributed by atoms with Crippen LogP contribution < -0.4 is 5.32 Å². The molecule has 0 radical (unpaired) electrons. The third-order valence-corrected chi connectivity index (χ3v) is 3.40. The Labute approximate surface area is 104 Å². The van der Waals surface area contributed by atoms with Crippen molar-refractivity contribution in [3.8, 4) is 0 Å². The lowest BCUT2D eigenvalue weighted by Gasteiger charge is -2.04. The predicted molar refractivity (Wildman–Crippen MR) is 68.3 cm³/mol. The van der Waals surface area contributed by atoms with E-state index < -0.39 is 0 Å². The number of hydrogen-bond acceptors (Lipinski definition) is 4. The van der Waals surface area contributed by atoms with Gasteiger partial charge in [-0.05, 0) is 25.5 Å². The lowest BCUT2D eigenvalue weighted by atomic mass is 10.3. The lowest BCUT2D eigenvalue weighted by molar-refractivity contribution is 1.01. The number of rotatable bonds is 4. The van der Waals surface area contributed by atoms with Crippen LogP contribution in [-0.2, 0) is 6.42 Å². The molecule has 5 heteroatoms. The molecule has 3 nitrogen and oxygen atoms in total. The van der Waals surface area contributed by atoms with Gasteiger partial charge in [0, 0.05) is 23.2 Å². The first-order chi connectivity index (χ1) is 7.74. The molecule has 0 fully saturated rings. The molecule has 2 aromatic rings. The highest BCUT2D eigenvalue weighted by molar-refractivity contribution is 7.16. The van der Waals surface area contributed by atoms with Gasteiger partial charge in [-0.25, -0.2) is 9.97 Å². The minimum atomic E-state index is 0.841. The summed E-state index contributed by atoms with van der Waals surface area (Å²) >= 11 is 7.47. The van der Waals surface area contributed by atoms with Crippen molar-refractivity contribution in [3.05, 3.63) is 39.4 Å². The van der Waals surface area contributed by atoms with Crippen LogP contribution >= 0.6 is 22.9 Å². The molecule has 16 heavy (non-hydrogen) atoms. The van der Waals surface area contributed by atoms with Gasteiger partial charge in [-0.1, -0.05) is 11.6 Å². The average Bonchev–Trinajstić information content (AvgIpc) is 2.64. The summed E-state index contributed by atoms with van der Waals surface area (Å²) in [6.07, 6.45) is 2.53. The Morgan fingerprint density at radius 3 is 2.94 bits per heavy atom. The fourth-order valence-electron chi connectivity index (χ4n) is 1.35.